The molecule has 4 heteroatoms. The van der Waals surface area contributed by atoms with E-state index in [9.17, 15) is 0 Å². The number of nitrogens with zero attached hydrogens (tertiary/aromatic N) is 2. The minimum absolute atomic E-state index is 0.752. The maximum Gasteiger partial charge on any atom is 0.0881 e. The second kappa shape index (κ2) is 4.98. The second-order valence-corrected chi connectivity index (χ2v) is 5.29. The van der Waals surface area contributed by atoms with Gasteiger partial charge in [0.05, 0.1) is 17.4 Å². The molecular formula is C14H20N4. The number of H-pyrrole nitrogens is 1. The molecule has 0 amide bonds. The molecule has 0 aliphatic carbocycles. The van der Waals surface area contributed by atoms with E-state index in [2.05, 4.69) is 45.7 Å². The first kappa shape index (κ1) is 11.5. The molecule has 1 unspecified atom stereocenters. The van der Waals surface area contributed by atoms with Crippen LogP contribution in [0, 0.1) is 5.92 Å². The zero-order chi connectivity index (χ0) is 12.4. The zero-order valence-electron chi connectivity index (χ0n) is 10.8. The molecule has 0 radical (unpaired) electrons. The van der Waals surface area contributed by atoms with E-state index in [1.54, 1.807) is 0 Å². The minimum Gasteiger partial charge on any atom is -0.383 e. The summed E-state index contributed by atoms with van der Waals surface area (Å²) in [5, 5.41) is 11.9. The highest BCUT2D eigenvalue weighted by Crippen LogP contribution is 2.22. The molecule has 0 bridgehead atoms. The average molecular weight is 244 g/mol. The Bertz CT molecular complexity index is 519. The molecule has 1 aromatic carbocycles. The summed E-state index contributed by atoms with van der Waals surface area (Å²) in [6, 6.07) is 6.28. The van der Waals surface area contributed by atoms with E-state index < -0.39 is 0 Å². The fourth-order valence-corrected chi connectivity index (χ4v) is 2.81. The standard InChI is InChI=1S/C14H20N4/c1-18-7-3-4-11(10-18)8-15-13-6-2-5-12-9-16-17-14(12)13/h2,5-6,9,11,15H,3-4,7-8,10H2,1H3,(H,16,17). The van der Waals surface area contributed by atoms with Gasteiger partial charge in [0.15, 0.2) is 0 Å². The van der Waals surface area contributed by atoms with E-state index in [1.807, 2.05) is 6.20 Å². The molecular weight excluding hydrogens is 224 g/mol. The number of aromatic amines is 1. The lowest BCUT2D eigenvalue weighted by atomic mass is 9.98. The number of anilines is 1. The Balaban J connectivity index is 1.67. The van der Waals surface area contributed by atoms with Crippen LogP contribution in [0.4, 0.5) is 5.69 Å². The molecule has 18 heavy (non-hydrogen) atoms. The summed E-state index contributed by atoms with van der Waals surface area (Å²) < 4.78 is 0. The summed E-state index contributed by atoms with van der Waals surface area (Å²) in [7, 11) is 2.21. The van der Waals surface area contributed by atoms with Gasteiger partial charge in [0.2, 0.25) is 0 Å². The smallest absolute Gasteiger partial charge is 0.0881 e. The summed E-state index contributed by atoms with van der Waals surface area (Å²) in [6.07, 6.45) is 4.52. The van der Waals surface area contributed by atoms with Gasteiger partial charge in [0.1, 0.15) is 0 Å². The first-order chi connectivity index (χ1) is 8.83. The average Bonchev–Trinajstić information content (AvgIpc) is 2.85. The number of fused-ring (bicyclic) bond motifs is 1. The Kier molecular flexibility index (Phi) is 3.19. The number of rotatable bonds is 3. The van der Waals surface area contributed by atoms with Crippen LogP contribution >= 0.6 is 0 Å². The van der Waals surface area contributed by atoms with Crippen molar-refractivity contribution in [3.8, 4) is 0 Å². The van der Waals surface area contributed by atoms with E-state index in [4.69, 9.17) is 0 Å². The van der Waals surface area contributed by atoms with Crippen LogP contribution in [0.25, 0.3) is 10.9 Å². The Labute approximate surface area is 107 Å². The normalized spacial score (nSPS) is 21.3. The van der Waals surface area contributed by atoms with Gasteiger partial charge in [-0.1, -0.05) is 12.1 Å². The van der Waals surface area contributed by atoms with Crippen molar-refractivity contribution in [1.29, 1.82) is 0 Å². The van der Waals surface area contributed by atoms with Gasteiger partial charge in [-0.2, -0.15) is 5.10 Å². The molecule has 96 valence electrons. The van der Waals surface area contributed by atoms with Crippen molar-refractivity contribution < 1.29 is 0 Å². The Hall–Kier alpha value is -1.55. The van der Waals surface area contributed by atoms with Crippen LogP contribution < -0.4 is 5.32 Å². The molecule has 1 aromatic heterocycles. The molecule has 2 N–H and O–H groups in total. The second-order valence-electron chi connectivity index (χ2n) is 5.29. The van der Waals surface area contributed by atoms with Crippen LogP contribution in [-0.4, -0.2) is 41.8 Å². The van der Waals surface area contributed by atoms with E-state index >= 15 is 0 Å². The number of aromatic nitrogens is 2. The van der Waals surface area contributed by atoms with Crippen molar-refractivity contribution in [2.45, 2.75) is 12.8 Å². The number of likely N-dealkylation sites (tertiary alicyclic amines) is 1. The topological polar surface area (TPSA) is 44.0 Å². The number of para-hydroxylation sites is 1. The van der Waals surface area contributed by atoms with E-state index in [-0.39, 0.29) is 0 Å². The van der Waals surface area contributed by atoms with Crippen LogP contribution in [0.3, 0.4) is 0 Å². The maximum atomic E-state index is 4.10. The Morgan fingerprint density at radius 2 is 2.44 bits per heavy atom. The molecule has 1 aliphatic rings. The summed E-state index contributed by atoms with van der Waals surface area (Å²) in [5.74, 6) is 0.752. The molecule has 0 spiro atoms. The molecule has 3 rings (SSSR count). The predicted molar refractivity (Wildman–Crippen MR) is 74.8 cm³/mol. The summed E-state index contributed by atoms with van der Waals surface area (Å²) in [4.78, 5) is 2.42. The lowest BCUT2D eigenvalue weighted by Crippen LogP contribution is -2.35. The fraction of sp³-hybridized carbons (Fsp3) is 0.500. The van der Waals surface area contributed by atoms with Gasteiger partial charge < -0.3 is 10.2 Å². The largest absolute Gasteiger partial charge is 0.383 e. The van der Waals surface area contributed by atoms with Crippen molar-refractivity contribution in [3.63, 3.8) is 0 Å². The van der Waals surface area contributed by atoms with Crippen molar-refractivity contribution >= 4 is 16.6 Å². The molecule has 1 atom stereocenters. The van der Waals surface area contributed by atoms with Gasteiger partial charge >= 0.3 is 0 Å². The third kappa shape index (κ3) is 2.34. The number of hydrogen-bond acceptors (Lipinski definition) is 3. The first-order valence-corrected chi connectivity index (χ1v) is 6.67. The third-order valence-electron chi connectivity index (χ3n) is 3.78. The van der Waals surface area contributed by atoms with Crippen molar-refractivity contribution in [2.75, 3.05) is 32.0 Å². The van der Waals surface area contributed by atoms with Gasteiger partial charge in [-0.3, -0.25) is 5.10 Å². The van der Waals surface area contributed by atoms with Crippen LogP contribution in [-0.2, 0) is 0 Å². The summed E-state index contributed by atoms with van der Waals surface area (Å²) in [6.45, 7) is 3.49. The van der Waals surface area contributed by atoms with Gasteiger partial charge in [0, 0.05) is 18.5 Å². The van der Waals surface area contributed by atoms with Crippen molar-refractivity contribution in [3.05, 3.63) is 24.4 Å². The van der Waals surface area contributed by atoms with Crippen LogP contribution in [0.1, 0.15) is 12.8 Å². The quantitative estimate of drug-likeness (QED) is 0.871. The van der Waals surface area contributed by atoms with Crippen LogP contribution in [0.2, 0.25) is 0 Å². The molecule has 2 heterocycles. The summed E-state index contributed by atoms with van der Waals surface area (Å²) in [5.41, 5.74) is 2.28. The number of piperidine rings is 1. The Morgan fingerprint density at radius 1 is 1.50 bits per heavy atom. The van der Waals surface area contributed by atoms with Crippen LogP contribution in [0.15, 0.2) is 24.4 Å². The number of hydrogen-bond donors (Lipinski definition) is 2. The number of nitrogens with one attached hydrogen (secondary N) is 2. The third-order valence-corrected chi connectivity index (χ3v) is 3.78. The molecule has 2 aromatic rings. The lowest BCUT2D eigenvalue weighted by Gasteiger charge is -2.30. The predicted octanol–water partition coefficient (Wildman–Crippen LogP) is 2.32. The van der Waals surface area contributed by atoms with Gasteiger partial charge in [-0.25, -0.2) is 0 Å². The first-order valence-electron chi connectivity index (χ1n) is 6.67. The van der Waals surface area contributed by atoms with Gasteiger partial charge in [-0.05, 0) is 38.4 Å². The molecule has 0 saturated carbocycles. The van der Waals surface area contributed by atoms with E-state index in [1.165, 1.54) is 37.0 Å². The Morgan fingerprint density at radius 3 is 3.33 bits per heavy atom. The molecule has 1 aliphatic heterocycles. The molecule has 4 nitrogen and oxygen atoms in total. The van der Waals surface area contributed by atoms with E-state index in [0.717, 1.165) is 18.0 Å². The maximum absolute atomic E-state index is 4.10. The van der Waals surface area contributed by atoms with Crippen molar-refractivity contribution in [1.82, 2.24) is 15.1 Å². The highest BCUT2D eigenvalue weighted by molar-refractivity contribution is 5.89. The minimum atomic E-state index is 0.752. The lowest BCUT2D eigenvalue weighted by molar-refractivity contribution is 0.217. The van der Waals surface area contributed by atoms with Gasteiger partial charge in [0.25, 0.3) is 0 Å². The molecule has 1 saturated heterocycles. The highest BCUT2D eigenvalue weighted by Gasteiger charge is 2.17. The monoisotopic (exact) mass is 244 g/mol. The van der Waals surface area contributed by atoms with Crippen LogP contribution in [0.5, 0.6) is 0 Å². The van der Waals surface area contributed by atoms with E-state index in [0.29, 0.717) is 0 Å². The van der Waals surface area contributed by atoms with Gasteiger partial charge in [-0.15, -0.1) is 0 Å². The summed E-state index contributed by atoms with van der Waals surface area (Å²) >= 11 is 0. The fourth-order valence-electron chi connectivity index (χ4n) is 2.81. The molecule has 1 fully saturated rings. The highest BCUT2D eigenvalue weighted by atomic mass is 15.1. The van der Waals surface area contributed by atoms with Crippen molar-refractivity contribution in [2.24, 2.45) is 5.92 Å². The number of benzene rings is 1. The SMILES string of the molecule is CN1CCCC(CNc2cccc3cn[nH]c23)C1. The zero-order valence-corrected chi connectivity index (χ0v) is 10.8.